The van der Waals surface area contributed by atoms with Crippen molar-refractivity contribution in [1.82, 2.24) is 0 Å². The van der Waals surface area contributed by atoms with Gasteiger partial charge in [-0.25, -0.2) is 0 Å². The fourth-order valence-electron chi connectivity index (χ4n) is 1.58. The van der Waals surface area contributed by atoms with Crippen molar-refractivity contribution in [3.8, 4) is 0 Å². The first-order chi connectivity index (χ1) is 7.83. The van der Waals surface area contributed by atoms with E-state index in [-0.39, 0.29) is 0 Å². The van der Waals surface area contributed by atoms with Crippen molar-refractivity contribution >= 4 is 21.5 Å². The molecule has 16 heavy (non-hydrogen) atoms. The van der Waals surface area contributed by atoms with Gasteiger partial charge in [0.1, 0.15) is 0 Å². The zero-order chi connectivity index (χ0) is 11.8. The number of rotatable bonds is 4. The molecule has 0 atom stereocenters. The highest BCUT2D eigenvalue weighted by Crippen LogP contribution is 2.25. The van der Waals surface area contributed by atoms with Gasteiger partial charge in [0.25, 0.3) is 0 Å². The average Bonchev–Trinajstić information content (AvgIpc) is 2.32. The van der Waals surface area contributed by atoms with Gasteiger partial charge in [-0.05, 0) is 35.0 Å². The Balaban J connectivity index is 3.12. The van der Waals surface area contributed by atoms with Gasteiger partial charge in [-0.3, -0.25) is 0 Å². The molecule has 0 heterocycles. The Morgan fingerprint density at radius 1 is 1.25 bits per heavy atom. The van der Waals surface area contributed by atoms with Gasteiger partial charge in [-0.1, -0.05) is 71.4 Å². The second kappa shape index (κ2) is 7.24. The minimum Gasteiger partial charge on any atom is -0.0871 e. The van der Waals surface area contributed by atoms with Crippen LogP contribution in [0.1, 0.15) is 25.8 Å². The van der Waals surface area contributed by atoms with E-state index in [0.717, 1.165) is 6.42 Å². The van der Waals surface area contributed by atoms with Crippen LogP contribution in [-0.4, -0.2) is 0 Å². The Morgan fingerprint density at radius 2 is 1.94 bits per heavy atom. The molecule has 1 aromatic rings. The summed E-state index contributed by atoms with van der Waals surface area (Å²) in [6.45, 7) is 4.20. The lowest BCUT2D eigenvalue weighted by Gasteiger charge is -2.08. The SMILES string of the molecule is C\C=C/C(=C\CC)C(=C\Br)/c1ccccc1. The van der Waals surface area contributed by atoms with Gasteiger partial charge in [0.05, 0.1) is 0 Å². The van der Waals surface area contributed by atoms with Crippen LogP contribution in [0.2, 0.25) is 0 Å². The average molecular weight is 277 g/mol. The fourth-order valence-corrected chi connectivity index (χ4v) is 2.11. The van der Waals surface area contributed by atoms with E-state index in [1.807, 2.05) is 18.0 Å². The summed E-state index contributed by atoms with van der Waals surface area (Å²) in [7, 11) is 0. The first kappa shape index (κ1) is 13.0. The number of hydrogen-bond donors (Lipinski definition) is 0. The van der Waals surface area contributed by atoms with Gasteiger partial charge >= 0.3 is 0 Å². The molecule has 1 aromatic carbocycles. The van der Waals surface area contributed by atoms with Crippen LogP contribution in [-0.2, 0) is 0 Å². The van der Waals surface area contributed by atoms with Gasteiger partial charge in [0.2, 0.25) is 0 Å². The standard InChI is InChI=1S/C15H17Br/c1-3-8-13(9-4-2)15(12-16)14-10-6-5-7-11-14/h3,5-12H,4H2,1-2H3/b8-3-,13-9+,15-12+. The van der Waals surface area contributed by atoms with Gasteiger partial charge in [-0.15, -0.1) is 0 Å². The molecule has 0 spiro atoms. The van der Waals surface area contributed by atoms with Gasteiger partial charge in [-0.2, -0.15) is 0 Å². The molecule has 0 saturated heterocycles. The summed E-state index contributed by atoms with van der Waals surface area (Å²) < 4.78 is 0. The summed E-state index contributed by atoms with van der Waals surface area (Å²) in [6.07, 6.45) is 7.49. The maximum atomic E-state index is 3.46. The molecular weight excluding hydrogens is 260 g/mol. The zero-order valence-electron chi connectivity index (χ0n) is 9.78. The van der Waals surface area contributed by atoms with Crippen LogP contribution in [0.4, 0.5) is 0 Å². The third-order valence-electron chi connectivity index (χ3n) is 2.28. The van der Waals surface area contributed by atoms with Crippen LogP contribution >= 0.6 is 15.9 Å². The Morgan fingerprint density at radius 3 is 2.44 bits per heavy atom. The third-order valence-corrected chi connectivity index (χ3v) is 2.73. The molecule has 84 valence electrons. The van der Waals surface area contributed by atoms with Crippen molar-refractivity contribution in [3.63, 3.8) is 0 Å². The minimum absolute atomic E-state index is 1.04. The topological polar surface area (TPSA) is 0 Å². The molecule has 0 amide bonds. The molecule has 1 heteroatoms. The van der Waals surface area contributed by atoms with E-state index in [9.17, 15) is 0 Å². The van der Waals surface area contributed by atoms with Crippen LogP contribution in [0, 0.1) is 0 Å². The molecule has 0 aliphatic carbocycles. The van der Waals surface area contributed by atoms with Crippen molar-refractivity contribution in [2.24, 2.45) is 0 Å². The van der Waals surface area contributed by atoms with Crippen LogP contribution < -0.4 is 0 Å². The van der Waals surface area contributed by atoms with Crippen LogP contribution in [0.25, 0.3) is 5.57 Å². The molecule has 0 N–H and O–H groups in total. The first-order valence-electron chi connectivity index (χ1n) is 5.52. The molecule has 0 bridgehead atoms. The lowest BCUT2D eigenvalue weighted by atomic mass is 9.98. The quantitative estimate of drug-likeness (QED) is 0.652. The fraction of sp³-hybridized carbons (Fsp3) is 0.200. The van der Waals surface area contributed by atoms with E-state index in [1.54, 1.807) is 0 Å². The lowest BCUT2D eigenvalue weighted by molar-refractivity contribution is 1.21. The van der Waals surface area contributed by atoms with E-state index in [4.69, 9.17) is 0 Å². The second-order valence-electron chi connectivity index (χ2n) is 3.46. The predicted molar refractivity (Wildman–Crippen MR) is 76.5 cm³/mol. The van der Waals surface area contributed by atoms with E-state index in [2.05, 4.69) is 65.3 Å². The maximum Gasteiger partial charge on any atom is -0.00455 e. The molecule has 0 aliphatic rings. The van der Waals surface area contributed by atoms with Gasteiger partial charge in [0, 0.05) is 0 Å². The highest BCUT2D eigenvalue weighted by Gasteiger charge is 2.03. The second-order valence-corrected chi connectivity index (χ2v) is 3.91. The number of allylic oxidation sites excluding steroid dienone is 5. The van der Waals surface area contributed by atoms with Crippen LogP contribution in [0.5, 0.6) is 0 Å². The smallest absolute Gasteiger partial charge is 0.00455 e. The summed E-state index contributed by atoms with van der Waals surface area (Å²) in [5, 5.41) is 0. The monoisotopic (exact) mass is 276 g/mol. The summed E-state index contributed by atoms with van der Waals surface area (Å²) >= 11 is 3.46. The van der Waals surface area contributed by atoms with E-state index in [0.29, 0.717) is 0 Å². The van der Waals surface area contributed by atoms with E-state index in [1.165, 1.54) is 16.7 Å². The van der Waals surface area contributed by atoms with Crippen LogP contribution in [0.15, 0.2) is 59.1 Å². The summed E-state index contributed by atoms with van der Waals surface area (Å²) in [4.78, 5) is 1.99. The first-order valence-corrected chi connectivity index (χ1v) is 6.44. The molecular formula is C15H17Br. The van der Waals surface area contributed by atoms with Crippen molar-refractivity contribution in [3.05, 3.63) is 64.7 Å². The summed E-state index contributed by atoms with van der Waals surface area (Å²) in [5.41, 5.74) is 3.71. The molecule has 0 saturated carbocycles. The highest BCUT2D eigenvalue weighted by atomic mass is 79.9. The lowest BCUT2D eigenvalue weighted by Crippen LogP contribution is -1.86. The summed E-state index contributed by atoms with van der Waals surface area (Å²) in [6, 6.07) is 10.4. The molecule has 0 unspecified atom stereocenters. The molecule has 0 aliphatic heterocycles. The van der Waals surface area contributed by atoms with Crippen molar-refractivity contribution in [2.45, 2.75) is 20.3 Å². The number of halogens is 1. The van der Waals surface area contributed by atoms with Gasteiger partial charge in [0.15, 0.2) is 0 Å². The Bertz CT molecular complexity index is 397. The van der Waals surface area contributed by atoms with Crippen LogP contribution in [0.3, 0.4) is 0 Å². The number of hydrogen-bond acceptors (Lipinski definition) is 0. The van der Waals surface area contributed by atoms with Crippen molar-refractivity contribution < 1.29 is 0 Å². The highest BCUT2D eigenvalue weighted by molar-refractivity contribution is 9.11. The molecule has 0 nitrogen and oxygen atoms in total. The Hall–Kier alpha value is -1.08. The number of benzene rings is 1. The largest absolute Gasteiger partial charge is 0.0871 e. The summed E-state index contributed by atoms with van der Waals surface area (Å²) in [5.74, 6) is 0. The van der Waals surface area contributed by atoms with E-state index < -0.39 is 0 Å². The normalized spacial score (nSPS) is 13.4. The Kier molecular flexibility index (Phi) is 5.87. The Labute approximate surface area is 107 Å². The predicted octanol–water partition coefficient (Wildman–Crippen LogP) is 5.33. The maximum absolute atomic E-state index is 3.46. The molecule has 0 aromatic heterocycles. The zero-order valence-corrected chi connectivity index (χ0v) is 11.4. The van der Waals surface area contributed by atoms with Crippen molar-refractivity contribution in [2.75, 3.05) is 0 Å². The minimum atomic E-state index is 1.04. The molecule has 1 rings (SSSR count). The van der Waals surface area contributed by atoms with E-state index >= 15 is 0 Å². The molecule has 0 fully saturated rings. The van der Waals surface area contributed by atoms with Crippen molar-refractivity contribution in [1.29, 1.82) is 0 Å². The third kappa shape index (κ3) is 3.49. The molecule has 0 radical (unpaired) electrons. The van der Waals surface area contributed by atoms with Gasteiger partial charge < -0.3 is 0 Å².